The molecule has 2 heteroatoms. The second kappa shape index (κ2) is 16.0. The molecule has 0 aromatic rings. The van der Waals surface area contributed by atoms with Crippen molar-refractivity contribution >= 4 is 5.97 Å². The van der Waals surface area contributed by atoms with Crippen molar-refractivity contribution in [2.45, 2.75) is 84.0 Å². The molecule has 116 valence electrons. The van der Waals surface area contributed by atoms with Gasteiger partial charge in [-0.2, -0.15) is 0 Å². The molecule has 0 heterocycles. The molecule has 0 amide bonds. The molecule has 0 atom stereocenters. The largest absolute Gasteiger partial charge is 0.481 e. The molecular formula is C18H32O2. The van der Waals surface area contributed by atoms with Crippen LogP contribution in [0.3, 0.4) is 0 Å². The summed E-state index contributed by atoms with van der Waals surface area (Å²) in [5.74, 6) is -0.416. The van der Waals surface area contributed by atoms with Gasteiger partial charge in [-0.3, -0.25) is 4.79 Å². The van der Waals surface area contributed by atoms with Crippen LogP contribution in [-0.4, -0.2) is 11.1 Å². The number of aliphatic carboxylic acids is 1. The zero-order chi connectivity index (χ0) is 15.6. The molecule has 0 aliphatic rings. The van der Waals surface area contributed by atoms with Crippen LogP contribution in [0.5, 0.6) is 0 Å². The van der Waals surface area contributed by atoms with Crippen molar-refractivity contribution in [2.75, 3.05) is 0 Å². The van der Waals surface area contributed by atoms with E-state index in [4.69, 9.17) is 1.43 Å². The molecule has 0 aromatic carbocycles. The van der Waals surface area contributed by atoms with Gasteiger partial charge < -0.3 is 5.11 Å². The highest BCUT2D eigenvalue weighted by atomic mass is 16.4. The highest BCUT2D eigenvalue weighted by molar-refractivity contribution is 5.66. The number of carbonyl (C=O) groups is 1. The fraction of sp³-hybridized carbons (Fsp3) is 0.722. The van der Waals surface area contributed by atoms with Gasteiger partial charge in [-0.15, -0.1) is 0 Å². The molecule has 2 nitrogen and oxygen atoms in total. The van der Waals surface area contributed by atoms with Crippen LogP contribution in [-0.2, 0) is 4.79 Å². The van der Waals surface area contributed by atoms with Gasteiger partial charge in [0, 0.05) is 6.42 Å². The Bertz CT molecular complexity index is 285. The minimum atomic E-state index is -0.416. The summed E-state index contributed by atoms with van der Waals surface area (Å²) in [6.45, 7) is 2.23. The van der Waals surface area contributed by atoms with Crippen LogP contribution in [0.4, 0.5) is 0 Å². The van der Waals surface area contributed by atoms with Crippen molar-refractivity contribution in [3.8, 4) is 0 Å². The number of rotatable bonds is 14. The summed E-state index contributed by atoms with van der Waals surface area (Å²) in [5, 5.41) is 3.87. The van der Waals surface area contributed by atoms with E-state index >= 15 is 0 Å². The van der Waals surface area contributed by atoms with Gasteiger partial charge in [0.25, 0.3) is 1.43 Å². The lowest BCUT2D eigenvalue weighted by Crippen LogP contribution is -1.93. The molecule has 0 bridgehead atoms. The molecule has 0 saturated carbocycles. The summed E-state index contributed by atoms with van der Waals surface area (Å²) in [4.78, 5) is 10.7. The number of hydrogen-bond donors (Lipinski definition) is 1. The van der Waals surface area contributed by atoms with Crippen molar-refractivity contribution in [3.05, 3.63) is 24.3 Å². The molecule has 0 unspecified atom stereocenters. The SMILES string of the molecule is [2H]OC(=O)CCCCCCCC=CCC=CCCCCC. The van der Waals surface area contributed by atoms with E-state index in [2.05, 4.69) is 36.3 Å². The number of unbranched alkanes of at least 4 members (excludes halogenated alkanes) is 8. The standard InChI is InChI=1S/C18H32O2/c1-2-3-4-5-6-7-8-9-10-11-12-13-14-15-16-17-18(19)20/h6-7,9-10H,2-5,8,11-17H2,1H3,(H,19,20)/i/hD. The number of carboxylic acids is 1. The summed E-state index contributed by atoms with van der Waals surface area (Å²) in [6.07, 6.45) is 22.3. The molecular weight excluding hydrogens is 248 g/mol. The van der Waals surface area contributed by atoms with Gasteiger partial charge in [-0.1, -0.05) is 63.3 Å². The molecule has 0 aliphatic heterocycles. The van der Waals surface area contributed by atoms with Crippen molar-refractivity contribution in [1.29, 1.82) is 1.43 Å². The van der Waals surface area contributed by atoms with E-state index < -0.39 is 5.97 Å². The van der Waals surface area contributed by atoms with E-state index in [9.17, 15) is 4.79 Å². The molecule has 0 rings (SSSR count). The predicted octanol–water partition coefficient (Wildman–Crippen LogP) is 5.88. The molecule has 20 heavy (non-hydrogen) atoms. The molecule has 0 aromatic heterocycles. The van der Waals surface area contributed by atoms with Crippen molar-refractivity contribution in [2.24, 2.45) is 0 Å². The summed E-state index contributed by atoms with van der Waals surface area (Å²) in [5.41, 5.74) is 0. The fourth-order valence-electron chi connectivity index (χ4n) is 2.08. The highest BCUT2D eigenvalue weighted by Gasteiger charge is 1.95. The third-order valence-electron chi connectivity index (χ3n) is 3.33. The van der Waals surface area contributed by atoms with E-state index in [1.54, 1.807) is 0 Å². The Morgan fingerprint density at radius 1 is 0.900 bits per heavy atom. The molecule has 0 radical (unpaired) electrons. The summed E-state index contributed by atoms with van der Waals surface area (Å²) < 4.78 is 6.43. The normalized spacial score (nSPS) is 12.2. The van der Waals surface area contributed by atoms with Gasteiger partial charge in [0.1, 0.15) is 0 Å². The van der Waals surface area contributed by atoms with Crippen LogP contribution in [0, 0.1) is 0 Å². The first-order valence-corrected chi connectivity index (χ1v) is 8.27. The monoisotopic (exact) mass is 281 g/mol. The molecule has 0 spiro atoms. The first kappa shape index (κ1) is 17.0. The molecule has 0 fully saturated rings. The summed E-state index contributed by atoms with van der Waals surface area (Å²) in [6, 6.07) is 0. The Morgan fingerprint density at radius 3 is 2.15 bits per heavy atom. The minimum absolute atomic E-state index is 0.383. The Kier molecular flexibility index (Phi) is 13.6. The number of allylic oxidation sites excluding steroid dienone is 4. The van der Waals surface area contributed by atoms with Crippen molar-refractivity contribution in [1.82, 2.24) is 0 Å². The Hall–Kier alpha value is -1.05. The summed E-state index contributed by atoms with van der Waals surface area (Å²) in [7, 11) is 0. The van der Waals surface area contributed by atoms with E-state index in [1.165, 1.54) is 38.5 Å². The predicted molar refractivity (Wildman–Crippen MR) is 87.0 cm³/mol. The van der Waals surface area contributed by atoms with Gasteiger partial charge >= 0.3 is 5.97 Å². The fourth-order valence-corrected chi connectivity index (χ4v) is 2.08. The van der Waals surface area contributed by atoms with Crippen LogP contribution in [0.25, 0.3) is 1.43 Å². The Morgan fingerprint density at radius 2 is 1.50 bits per heavy atom. The summed E-state index contributed by atoms with van der Waals surface area (Å²) >= 11 is 0. The zero-order valence-corrected chi connectivity index (χ0v) is 13.1. The number of carboxylic acid groups (broad SMARTS) is 1. The maximum absolute atomic E-state index is 10.7. The third-order valence-corrected chi connectivity index (χ3v) is 3.33. The molecule has 1 N–H and O–H groups in total. The van der Waals surface area contributed by atoms with E-state index in [0.29, 0.717) is 6.42 Å². The minimum Gasteiger partial charge on any atom is -0.481 e. The average molecular weight is 281 g/mol. The van der Waals surface area contributed by atoms with Crippen LogP contribution in [0.15, 0.2) is 24.3 Å². The highest BCUT2D eigenvalue weighted by Crippen LogP contribution is 2.08. The second-order valence-electron chi connectivity index (χ2n) is 5.35. The van der Waals surface area contributed by atoms with E-state index in [1.807, 2.05) is 0 Å². The molecule has 0 aliphatic carbocycles. The lowest BCUT2D eigenvalue weighted by atomic mass is 10.1. The van der Waals surface area contributed by atoms with Gasteiger partial charge in [0.05, 0.1) is 0 Å². The Labute approximate surface area is 126 Å². The quantitative estimate of drug-likeness (QED) is 0.318. The second-order valence-corrected chi connectivity index (χ2v) is 5.35. The lowest BCUT2D eigenvalue weighted by molar-refractivity contribution is -0.137. The number of hydrogen-bond acceptors (Lipinski definition) is 2. The van der Waals surface area contributed by atoms with Crippen LogP contribution in [0.1, 0.15) is 84.0 Å². The zero-order valence-electron chi connectivity index (χ0n) is 14.1. The van der Waals surface area contributed by atoms with Gasteiger partial charge in [-0.25, -0.2) is 0 Å². The van der Waals surface area contributed by atoms with Crippen LogP contribution in [0.2, 0.25) is 0 Å². The first-order chi connectivity index (χ1) is 10.3. The molecule has 0 saturated heterocycles. The van der Waals surface area contributed by atoms with Gasteiger partial charge in [0.2, 0.25) is 0 Å². The van der Waals surface area contributed by atoms with Gasteiger partial charge in [-0.05, 0) is 38.5 Å². The smallest absolute Gasteiger partial charge is 0.303 e. The van der Waals surface area contributed by atoms with Crippen LogP contribution < -0.4 is 0 Å². The van der Waals surface area contributed by atoms with Gasteiger partial charge in [0.15, 0.2) is 0 Å². The average Bonchev–Trinajstić information content (AvgIpc) is 2.50. The maximum atomic E-state index is 10.7. The van der Waals surface area contributed by atoms with E-state index in [-0.39, 0.29) is 0 Å². The topological polar surface area (TPSA) is 37.3 Å². The maximum Gasteiger partial charge on any atom is 0.303 e. The first-order valence-electron chi connectivity index (χ1n) is 8.68. The third kappa shape index (κ3) is 16.9. The Balaban J connectivity index is 3.20. The van der Waals surface area contributed by atoms with Crippen LogP contribution >= 0.6 is 0 Å². The lowest BCUT2D eigenvalue weighted by Gasteiger charge is -1.98. The van der Waals surface area contributed by atoms with E-state index in [0.717, 1.165) is 32.1 Å². The van der Waals surface area contributed by atoms with Crippen molar-refractivity contribution < 1.29 is 9.90 Å². The van der Waals surface area contributed by atoms with Crippen molar-refractivity contribution in [3.63, 3.8) is 0 Å².